The molecule has 0 aliphatic rings. The maximum atomic E-state index is 12.9. The minimum absolute atomic E-state index is 0.257. The van der Waals surface area contributed by atoms with Gasteiger partial charge in [-0.2, -0.15) is 0 Å². The van der Waals surface area contributed by atoms with Crippen LogP contribution >= 0.6 is 0 Å². The average Bonchev–Trinajstić information content (AvgIpc) is 2.28. The van der Waals surface area contributed by atoms with Crippen LogP contribution in [0.4, 0.5) is 8.78 Å². The van der Waals surface area contributed by atoms with Gasteiger partial charge in [0.15, 0.2) is 0 Å². The van der Waals surface area contributed by atoms with Gasteiger partial charge in [0.2, 0.25) is 0 Å². The standard InChI is InChI=1S/C11H8F2N2O/c12-9-1-7(3-14-5-9)11(16)8-2-10(13)6-15-4-8/h1-6,11,16H. The first-order valence-corrected chi connectivity index (χ1v) is 4.56. The van der Waals surface area contributed by atoms with Crippen molar-refractivity contribution in [2.45, 2.75) is 6.10 Å². The summed E-state index contributed by atoms with van der Waals surface area (Å²) in [5.74, 6) is -1.11. The van der Waals surface area contributed by atoms with Crippen LogP contribution in [0.2, 0.25) is 0 Å². The zero-order valence-corrected chi connectivity index (χ0v) is 8.14. The number of hydrogen-bond donors (Lipinski definition) is 1. The fourth-order valence-corrected chi connectivity index (χ4v) is 1.35. The van der Waals surface area contributed by atoms with Crippen LogP contribution in [0.15, 0.2) is 36.9 Å². The predicted molar refractivity (Wildman–Crippen MR) is 52.5 cm³/mol. The van der Waals surface area contributed by atoms with E-state index in [0.29, 0.717) is 0 Å². The molecule has 2 aromatic heterocycles. The van der Waals surface area contributed by atoms with E-state index in [-0.39, 0.29) is 11.1 Å². The van der Waals surface area contributed by atoms with Crippen LogP contribution < -0.4 is 0 Å². The Bertz CT molecular complexity index is 459. The van der Waals surface area contributed by atoms with Gasteiger partial charge in [-0.1, -0.05) is 0 Å². The molecule has 0 amide bonds. The molecule has 0 atom stereocenters. The maximum absolute atomic E-state index is 12.9. The second kappa shape index (κ2) is 4.32. The molecule has 3 nitrogen and oxygen atoms in total. The number of pyridine rings is 2. The van der Waals surface area contributed by atoms with E-state index in [1.807, 2.05) is 0 Å². The lowest BCUT2D eigenvalue weighted by atomic mass is 10.1. The molecule has 1 N–H and O–H groups in total. The Morgan fingerprint density at radius 2 is 1.31 bits per heavy atom. The third-order valence-corrected chi connectivity index (χ3v) is 2.08. The largest absolute Gasteiger partial charge is 0.384 e. The van der Waals surface area contributed by atoms with E-state index in [0.717, 1.165) is 24.5 Å². The highest BCUT2D eigenvalue weighted by atomic mass is 19.1. The van der Waals surface area contributed by atoms with Crippen molar-refractivity contribution in [1.29, 1.82) is 0 Å². The van der Waals surface area contributed by atoms with Crippen molar-refractivity contribution in [3.8, 4) is 0 Å². The first kappa shape index (κ1) is 10.6. The van der Waals surface area contributed by atoms with Crippen molar-refractivity contribution in [2.75, 3.05) is 0 Å². The molecule has 2 aromatic rings. The van der Waals surface area contributed by atoms with Gasteiger partial charge in [0.1, 0.15) is 17.7 Å². The fourth-order valence-electron chi connectivity index (χ4n) is 1.35. The van der Waals surface area contributed by atoms with E-state index >= 15 is 0 Å². The molecule has 0 saturated heterocycles. The SMILES string of the molecule is OC(c1cncc(F)c1)c1cncc(F)c1. The first-order valence-electron chi connectivity index (χ1n) is 4.56. The third kappa shape index (κ3) is 2.20. The van der Waals surface area contributed by atoms with Gasteiger partial charge in [-0.05, 0) is 12.1 Å². The molecule has 0 saturated carbocycles. The summed E-state index contributed by atoms with van der Waals surface area (Å²) in [6.45, 7) is 0. The number of rotatable bonds is 2. The zero-order valence-electron chi connectivity index (χ0n) is 8.14. The molecule has 0 radical (unpaired) electrons. The summed E-state index contributed by atoms with van der Waals surface area (Å²) >= 11 is 0. The van der Waals surface area contributed by atoms with Crippen molar-refractivity contribution in [3.05, 3.63) is 59.7 Å². The molecule has 16 heavy (non-hydrogen) atoms. The summed E-state index contributed by atoms with van der Waals surface area (Å²) in [4.78, 5) is 7.21. The zero-order chi connectivity index (χ0) is 11.5. The second-order valence-corrected chi connectivity index (χ2v) is 3.28. The topological polar surface area (TPSA) is 46.0 Å². The smallest absolute Gasteiger partial charge is 0.141 e. The molecular weight excluding hydrogens is 214 g/mol. The van der Waals surface area contributed by atoms with Gasteiger partial charge >= 0.3 is 0 Å². The number of aliphatic hydroxyl groups is 1. The molecule has 2 rings (SSSR count). The number of nitrogens with zero attached hydrogens (tertiary/aromatic N) is 2. The lowest BCUT2D eigenvalue weighted by molar-refractivity contribution is 0.218. The van der Waals surface area contributed by atoms with E-state index in [4.69, 9.17) is 0 Å². The summed E-state index contributed by atoms with van der Waals surface area (Å²) in [6.07, 6.45) is 3.56. The first-order chi connectivity index (χ1) is 7.66. The summed E-state index contributed by atoms with van der Waals surface area (Å²) in [5.41, 5.74) is 0.514. The summed E-state index contributed by atoms with van der Waals surface area (Å²) < 4.78 is 25.7. The quantitative estimate of drug-likeness (QED) is 0.843. The number of hydrogen-bond acceptors (Lipinski definition) is 3. The van der Waals surface area contributed by atoms with Crippen LogP contribution in [0, 0.1) is 11.6 Å². The van der Waals surface area contributed by atoms with Gasteiger partial charge in [0.05, 0.1) is 12.4 Å². The highest BCUT2D eigenvalue weighted by molar-refractivity contribution is 5.26. The molecule has 0 spiro atoms. The minimum atomic E-state index is -1.13. The Kier molecular flexibility index (Phi) is 2.87. The van der Waals surface area contributed by atoms with Crippen molar-refractivity contribution in [3.63, 3.8) is 0 Å². The Morgan fingerprint density at radius 3 is 1.69 bits per heavy atom. The van der Waals surface area contributed by atoms with E-state index in [1.165, 1.54) is 12.4 Å². The number of aromatic nitrogens is 2. The fraction of sp³-hybridized carbons (Fsp3) is 0.0909. The third-order valence-electron chi connectivity index (χ3n) is 2.08. The van der Waals surface area contributed by atoms with Crippen LogP contribution in [0.1, 0.15) is 17.2 Å². The lowest BCUT2D eigenvalue weighted by Gasteiger charge is -2.10. The van der Waals surface area contributed by atoms with E-state index < -0.39 is 17.7 Å². The Morgan fingerprint density at radius 1 is 0.875 bits per heavy atom. The van der Waals surface area contributed by atoms with Gasteiger partial charge in [-0.3, -0.25) is 9.97 Å². The molecule has 0 aliphatic carbocycles. The minimum Gasteiger partial charge on any atom is -0.384 e. The van der Waals surface area contributed by atoms with Gasteiger partial charge in [0.25, 0.3) is 0 Å². The lowest BCUT2D eigenvalue weighted by Crippen LogP contribution is -2.02. The highest BCUT2D eigenvalue weighted by Crippen LogP contribution is 2.21. The predicted octanol–water partition coefficient (Wildman–Crippen LogP) is 1.84. The van der Waals surface area contributed by atoms with Crippen molar-refractivity contribution < 1.29 is 13.9 Å². The Balaban J connectivity index is 2.35. The number of aliphatic hydroxyl groups excluding tert-OH is 1. The van der Waals surface area contributed by atoms with Crippen LogP contribution in [-0.2, 0) is 0 Å². The summed E-state index contributed by atoms with van der Waals surface area (Å²) in [5, 5.41) is 9.83. The monoisotopic (exact) mass is 222 g/mol. The van der Waals surface area contributed by atoms with Gasteiger partial charge in [0, 0.05) is 23.5 Å². The molecule has 2 heterocycles. The average molecular weight is 222 g/mol. The van der Waals surface area contributed by atoms with Crippen molar-refractivity contribution in [1.82, 2.24) is 9.97 Å². The molecule has 0 unspecified atom stereocenters. The molecular formula is C11H8F2N2O. The maximum Gasteiger partial charge on any atom is 0.141 e. The van der Waals surface area contributed by atoms with Gasteiger partial charge < -0.3 is 5.11 Å². The molecule has 0 aromatic carbocycles. The number of halogens is 2. The highest BCUT2D eigenvalue weighted by Gasteiger charge is 2.12. The Hall–Kier alpha value is -1.88. The Labute approximate surface area is 90.4 Å². The summed E-state index contributed by atoms with van der Waals surface area (Å²) in [6, 6.07) is 2.28. The van der Waals surface area contributed by atoms with Crippen LogP contribution in [-0.4, -0.2) is 15.1 Å². The molecule has 82 valence electrons. The molecule has 5 heteroatoms. The van der Waals surface area contributed by atoms with Crippen LogP contribution in [0.3, 0.4) is 0 Å². The molecule has 0 aliphatic heterocycles. The van der Waals surface area contributed by atoms with Crippen molar-refractivity contribution in [2.24, 2.45) is 0 Å². The second-order valence-electron chi connectivity index (χ2n) is 3.28. The molecule has 0 bridgehead atoms. The van der Waals surface area contributed by atoms with E-state index in [2.05, 4.69) is 9.97 Å². The van der Waals surface area contributed by atoms with Gasteiger partial charge in [-0.15, -0.1) is 0 Å². The van der Waals surface area contributed by atoms with Gasteiger partial charge in [-0.25, -0.2) is 8.78 Å². The van der Waals surface area contributed by atoms with Crippen LogP contribution in [0.5, 0.6) is 0 Å². The normalized spacial score (nSPS) is 10.8. The summed E-state index contributed by atoms with van der Waals surface area (Å²) in [7, 11) is 0. The van der Waals surface area contributed by atoms with Crippen molar-refractivity contribution >= 4 is 0 Å². The van der Waals surface area contributed by atoms with E-state index in [9.17, 15) is 13.9 Å². The molecule has 0 fully saturated rings. The van der Waals surface area contributed by atoms with Crippen LogP contribution in [0.25, 0.3) is 0 Å². The van der Waals surface area contributed by atoms with E-state index in [1.54, 1.807) is 0 Å².